The SMILES string of the molecule is CN(C)CCCNC(C#N)c1ccccc1Cl. The minimum absolute atomic E-state index is 0.328. The Labute approximate surface area is 108 Å². The lowest BCUT2D eigenvalue weighted by Gasteiger charge is -2.14. The molecule has 0 bridgehead atoms. The highest BCUT2D eigenvalue weighted by Crippen LogP contribution is 2.21. The van der Waals surface area contributed by atoms with Crippen LogP contribution in [0.4, 0.5) is 0 Å². The monoisotopic (exact) mass is 251 g/mol. The third kappa shape index (κ3) is 4.74. The summed E-state index contributed by atoms with van der Waals surface area (Å²) in [5, 5.41) is 13.0. The smallest absolute Gasteiger partial charge is 0.122 e. The predicted molar refractivity (Wildman–Crippen MR) is 71.0 cm³/mol. The zero-order chi connectivity index (χ0) is 12.7. The molecule has 0 aliphatic heterocycles. The lowest BCUT2D eigenvalue weighted by atomic mass is 10.1. The van der Waals surface area contributed by atoms with E-state index in [0.717, 1.165) is 25.1 Å². The molecule has 0 heterocycles. The van der Waals surface area contributed by atoms with Crippen LogP contribution in [0.5, 0.6) is 0 Å². The van der Waals surface area contributed by atoms with E-state index in [0.29, 0.717) is 5.02 Å². The maximum absolute atomic E-state index is 9.13. The molecule has 92 valence electrons. The highest BCUT2D eigenvalue weighted by molar-refractivity contribution is 6.31. The van der Waals surface area contributed by atoms with E-state index in [1.165, 1.54) is 0 Å². The summed E-state index contributed by atoms with van der Waals surface area (Å²) in [6.07, 6.45) is 1.01. The van der Waals surface area contributed by atoms with Gasteiger partial charge in [0.1, 0.15) is 6.04 Å². The summed E-state index contributed by atoms with van der Waals surface area (Å²) in [6, 6.07) is 9.37. The molecule has 1 aromatic rings. The summed E-state index contributed by atoms with van der Waals surface area (Å²) >= 11 is 6.06. The molecule has 0 saturated carbocycles. The summed E-state index contributed by atoms with van der Waals surface area (Å²) in [7, 11) is 4.08. The molecule has 0 aliphatic rings. The van der Waals surface area contributed by atoms with Crippen LogP contribution in [0.15, 0.2) is 24.3 Å². The van der Waals surface area contributed by atoms with Gasteiger partial charge in [-0.2, -0.15) is 5.26 Å². The van der Waals surface area contributed by atoms with Crippen molar-refractivity contribution >= 4 is 11.6 Å². The summed E-state index contributed by atoms with van der Waals surface area (Å²) in [6.45, 7) is 1.81. The topological polar surface area (TPSA) is 39.1 Å². The normalized spacial score (nSPS) is 12.4. The van der Waals surface area contributed by atoms with Crippen molar-refractivity contribution < 1.29 is 0 Å². The number of hydrogen-bond donors (Lipinski definition) is 1. The minimum atomic E-state index is -0.328. The van der Waals surface area contributed by atoms with Gasteiger partial charge in [0.05, 0.1) is 6.07 Å². The molecule has 0 aromatic heterocycles. The van der Waals surface area contributed by atoms with E-state index in [1.54, 1.807) is 0 Å². The molecule has 1 rings (SSSR count). The van der Waals surface area contributed by atoms with E-state index in [2.05, 4.69) is 16.3 Å². The zero-order valence-electron chi connectivity index (χ0n) is 10.3. The Morgan fingerprint density at radius 2 is 2.12 bits per heavy atom. The molecule has 0 saturated heterocycles. The molecule has 0 spiro atoms. The fraction of sp³-hybridized carbons (Fsp3) is 0.462. The van der Waals surface area contributed by atoms with Crippen LogP contribution in [0.3, 0.4) is 0 Å². The highest BCUT2D eigenvalue weighted by Gasteiger charge is 2.12. The van der Waals surface area contributed by atoms with E-state index in [1.807, 2.05) is 38.4 Å². The number of nitrogens with zero attached hydrogens (tertiary/aromatic N) is 2. The molecule has 1 atom stereocenters. The first-order chi connectivity index (χ1) is 8.15. The van der Waals surface area contributed by atoms with Crippen molar-refractivity contribution in [2.45, 2.75) is 12.5 Å². The number of nitriles is 1. The molecule has 0 radical (unpaired) electrons. The summed E-state index contributed by atoms with van der Waals surface area (Å²) in [5.41, 5.74) is 0.849. The van der Waals surface area contributed by atoms with Crippen molar-refractivity contribution in [2.24, 2.45) is 0 Å². The van der Waals surface area contributed by atoms with Gasteiger partial charge in [0.2, 0.25) is 0 Å². The van der Waals surface area contributed by atoms with E-state index in [9.17, 15) is 0 Å². The van der Waals surface area contributed by atoms with Gasteiger partial charge in [-0.15, -0.1) is 0 Å². The Hall–Kier alpha value is -1.08. The van der Waals surface area contributed by atoms with E-state index in [4.69, 9.17) is 16.9 Å². The van der Waals surface area contributed by atoms with Crippen LogP contribution >= 0.6 is 11.6 Å². The van der Waals surface area contributed by atoms with Gasteiger partial charge in [-0.25, -0.2) is 0 Å². The summed E-state index contributed by atoms with van der Waals surface area (Å²) < 4.78 is 0. The molecule has 1 unspecified atom stereocenters. The van der Waals surface area contributed by atoms with Crippen LogP contribution in [0, 0.1) is 11.3 Å². The van der Waals surface area contributed by atoms with Gasteiger partial charge >= 0.3 is 0 Å². The van der Waals surface area contributed by atoms with Gasteiger partial charge in [0.15, 0.2) is 0 Å². The van der Waals surface area contributed by atoms with E-state index in [-0.39, 0.29) is 6.04 Å². The first-order valence-electron chi connectivity index (χ1n) is 5.67. The first kappa shape index (κ1) is 14.0. The zero-order valence-corrected chi connectivity index (χ0v) is 11.0. The van der Waals surface area contributed by atoms with Crippen molar-refractivity contribution in [2.75, 3.05) is 27.2 Å². The summed E-state index contributed by atoms with van der Waals surface area (Å²) in [4.78, 5) is 2.12. The van der Waals surface area contributed by atoms with E-state index < -0.39 is 0 Å². The Morgan fingerprint density at radius 3 is 2.71 bits per heavy atom. The molecular weight excluding hydrogens is 234 g/mol. The quantitative estimate of drug-likeness (QED) is 0.790. The lowest BCUT2D eigenvalue weighted by molar-refractivity contribution is 0.392. The molecule has 4 heteroatoms. The number of halogens is 1. The van der Waals surface area contributed by atoms with Crippen molar-refractivity contribution in [3.63, 3.8) is 0 Å². The standard InChI is InChI=1S/C13H18ClN3/c1-17(2)9-5-8-16-13(10-15)11-6-3-4-7-12(11)14/h3-4,6-7,13,16H,5,8-9H2,1-2H3. The van der Waals surface area contributed by atoms with Crippen LogP contribution < -0.4 is 5.32 Å². The fourth-order valence-electron chi connectivity index (χ4n) is 1.58. The van der Waals surface area contributed by atoms with Gasteiger partial charge in [-0.05, 0) is 39.7 Å². The molecule has 0 fully saturated rings. The van der Waals surface area contributed by atoms with Crippen LogP contribution in [-0.4, -0.2) is 32.1 Å². The minimum Gasteiger partial charge on any atom is -0.309 e. The fourth-order valence-corrected chi connectivity index (χ4v) is 1.82. The second-order valence-electron chi connectivity index (χ2n) is 4.19. The Morgan fingerprint density at radius 1 is 1.41 bits per heavy atom. The average molecular weight is 252 g/mol. The molecule has 17 heavy (non-hydrogen) atoms. The third-order valence-corrected chi connectivity index (χ3v) is 2.82. The maximum Gasteiger partial charge on any atom is 0.122 e. The van der Waals surface area contributed by atoms with Crippen molar-refractivity contribution in [1.29, 1.82) is 5.26 Å². The number of benzene rings is 1. The van der Waals surface area contributed by atoms with Crippen LogP contribution in [0.25, 0.3) is 0 Å². The molecule has 3 nitrogen and oxygen atoms in total. The Bertz CT molecular complexity index is 384. The molecule has 1 N–H and O–H groups in total. The molecule has 0 amide bonds. The largest absolute Gasteiger partial charge is 0.309 e. The van der Waals surface area contributed by atoms with Gasteiger partial charge in [0.25, 0.3) is 0 Å². The van der Waals surface area contributed by atoms with Crippen molar-refractivity contribution in [3.8, 4) is 6.07 Å². The second-order valence-corrected chi connectivity index (χ2v) is 4.60. The highest BCUT2D eigenvalue weighted by atomic mass is 35.5. The average Bonchev–Trinajstić information content (AvgIpc) is 2.30. The van der Waals surface area contributed by atoms with Crippen LogP contribution in [-0.2, 0) is 0 Å². The first-order valence-corrected chi connectivity index (χ1v) is 6.05. The van der Waals surface area contributed by atoms with Gasteiger partial charge < -0.3 is 4.90 Å². The van der Waals surface area contributed by atoms with Crippen molar-refractivity contribution in [1.82, 2.24) is 10.2 Å². The summed E-state index contributed by atoms with van der Waals surface area (Å²) in [5.74, 6) is 0. The van der Waals surface area contributed by atoms with Crippen LogP contribution in [0.2, 0.25) is 5.02 Å². The second kappa shape index (κ2) is 7.29. The predicted octanol–water partition coefficient (Wildman–Crippen LogP) is 2.45. The van der Waals surface area contributed by atoms with Crippen LogP contribution in [0.1, 0.15) is 18.0 Å². The number of hydrogen-bond acceptors (Lipinski definition) is 3. The Balaban J connectivity index is 2.50. The number of rotatable bonds is 6. The van der Waals surface area contributed by atoms with Gasteiger partial charge in [0, 0.05) is 10.6 Å². The Kier molecular flexibility index (Phi) is 5.99. The maximum atomic E-state index is 9.13. The van der Waals surface area contributed by atoms with Gasteiger partial charge in [-0.3, -0.25) is 5.32 Å². The molecular formula is C13H18ClN3. The third-order valence-electron chi connectivity index (χ3n) is 2.48. The van der Waals surface area contributed by atoms with Crippen molar-refractivity contribution in [3.05, 3.63) is 34.9 Å². The van der Waals surface area contributed by atoms with Gasteiger partial charge in [-0.1, -0.05) is 29.8 Å². The lowest BCUT2D eigenvalue weighted by Crippen LogP contribution is -2.24. The molecule has 1 aromatic carbocycles. The van der Waals surface area contributed by atoms with E-state index >= 15 is 0 Å². The molecule has 0 aliphatic carbocycles. The number of nitrogens with one attached hydrogen (secondary N) is 1.